The maximum Gasteiger partial charge on any atom is 0.307 e. The van der Waals surface area contributed by atoms with Gasteiger partial charge in [-0.1, -0.05) is 0 Å². The summed E-state index contributed by atoms with van der Waals surface area (Å²) in [4.78, 5) is 12.2. The molecule has 134 valence electrons. The van der Waals surface area contributed by atoms with Gasteiger partial charge in [0.15, 0.2) is 5.76 Å². The largest absolute Gasteiger partial charge is 0.506 e. The smallest absolute Gasteiger partial charge is 0.307 e. The number of halogens is 2. The van der Waals surface area contributed by atoms with E-state index in [2.05, 4.69) is 42.4 Å². The van der Waals surface area contributed by atoms with Gasteiger partial charge in [-0.25, -0.2) is 5.43 Å². The molecule has 8 heteroatoms. The zero-order valence-corrected chi connectivity index (χ0v) is 16.8. The number of nitrogens with one attached hydrogen (secondary N) is 1. The molecule has 1 aromatic heterocycles. The molecule has 0 atom stereocenters. The molecule has 0 radical (unpaired) electrons. The molecule has 0 aliphatic carbocycles. The van der Waals surface area contributed by atoms with Gasteiger partial charge >= 0.3 is 5.91 Å². The van der Waals surface area contributed by atoms with Gasteiger partial charge in [-0.3, -0.25) is 4.79 Å². The highest BCUT2D eigenvalue weighted by Gasteiger charge is 2.12. The molecule has 1 heterocycles. The minimum absolute atomic E-state index is 0.0971. The predicted molar refractivity (Wildman–Crippen MR) is 106 cm³/mol. The van der Waals surface area contributed by atoms with Crippen LogP contribution in [0.3, 0.4) is 0 Å². The van der Waals surface area contributed by atoms with Crippen molar-refractivity contribution in [2.45, 2.75) is 6.92 Å². The molecule has 6 nitrogen and oxygen atoms in total. The van der Waals surface area contributed by atoms with Crippen LogP contribution in [0, 0.1) is 0 Å². The molecule has 3 rings (SSSR count). The summed E-state index contributed by atoms with van der Waals surface area (Å²) in [6.07, 6.45) is 1.46. The third kappa shape index (κ3) is 4.08. The van der Waals surface area contributed by atoms with E-state index in [4.69, 9.17) is 9.15 Å². The first-order chi connectivity index (χ1) is 12.5. The van der Waals surface area contributed by atoms with Crippen LogP contribution >= 0.6 is 31.9 Å². The van der Waals surface area contributed by atoms with E-state index in [1.165, 1.54) is 6.21 Å². The number of phenolic OH excluding ortho intramolecular Hbond substituents is 1. The standard InChI is InChI=1S/C18H14Br2N2O4/c1-2-25-12-3-4-15-11(7-12)8-16(26-15)18(24)22-21-9-10-5-13(19)17(23)14(20)6-10/h3-9,23H,2H2,1H3,(H,22,24)/b21-9+. The summed E-state index contributed by atoms with van der Waals surface area (Å²) in [5.41, 5.74) is 3.69. The van der Waals surface area contributed by atoms with E-state index in [-0.39, 0.29) is 11.5 Å². The second-order valence-corrected chi connectivity index (χ2v) is 6.98. The molecule has 0 unspecified atom stereocenters. The van der Waals surface area contributed by atoms with Crippen LogP contribution in [0.25, 0.3) is 11.0 Å². The van der Waals surface area contributed by atoms with Crippen molar-refractivity contribution in [3.63, 3.8) is 0 Å². The minimum Gasteiger partial charge on any atom is -0.506 e. The number of carbonyl (C=O) groups is 1. The average Bonchev–Trinajstić information content (AvgIpc) is 3.03. The van der Waals surface area contributed by atoms with Crippen LogP contribution in [0.2, 0.25) is 0 Å². The van der Waals surface area contributed by atoms with Gasteiger partial charge in [-0.15, -0.1) is 0 Å². The molecule has 0 aliphatic rings. The number of amides is 1. The average molecular weight is 482 g/mol. The van der Waals surface area contributed by atoms with Gasteiger partial charge in [0.05, 0.1) is 21.8 Å². The lowest BCUT2D eigenvalue weighted by atomic mass is 10.2. The number of hydrogen-bond acceptors (Lipinski definition) is 5. The molecule has 1 amide bonds. The van der Waals surface area contributed by atoms with Gasteiger partial charge in [0.1, 0.15) is 17.1 Å². The van der Waals surface area contributed by atoms with Gasteiger partial charge < -0.3 is 14.3 Å². The lowest BCUT2D eigenvalue weighted by Crippen LogP contribution is -2.16. The summed E-state index contributed by atoms with van der Waals surface area (Å²) < 4.78 is 12.0. The second kappa shape index (κ2) is 7.92. The fourth-order valence-electron chi connectivity index (χ4n) is 2.27. The number of benzene rings is 2. The van der Waals surface area contributed by atoms with E-state index in [0.29, 0.717) is 32.4 Å². The van der Waals surface area contributed by atoms with E-state index >= 15 is 0 Å². The Morgan fingerprint density at radius 3 is 2.69 bits per heavy atom. The molecule has 0 fully saturated rings. The normalized spacial score (nSPS) is 11.2. The van der Waals surface area contributed by atoms with Crippen LogP contribution in [0.5, 0.6) is 11.5 Å². The molecule has 0 spiro atoms. The molecular formula is C18H14Br2N2O4. The highest BCUT2D eigenvalue weighted by molar-refractivity contribution is 9.11. The maximum atomic E-state index is 12.2. The van der Waals surface area contributed by atoms with Gasteiger partial charge in [0.2, 0.25) is 0 Å². The van der Waals surface area contributed by atoms with Crippen LogP contribution < -0.4 is 10.2 Å². The number of fused-ring (bicyclic) bond motifs is 1. The SMILES string of the molecule is CCOc1ccc2oc(C(=O)N/N=C/c3cc(Br)c(O)c(Br)c3)cc2c1. The Morgan fingerprint density at radius 1 is 1.27 bits per heavy atom. The van der Waals surface area contributed by atoms with Crippen LogP contribution in [-0.4, -0.2) is 23.8 Å². The van der Waals surface area contributed by atoms with Crippen molar-refractivity contribution in [1.29, 1.82) is 0 Å². The fourth-order valence-corrected chi connectivity index (χ4v) is 3.49. The van der Waals surface area contributed by atoms with E-state index in [9.17, 15) is 9.90 Å². The number of hydrazone groups is 1. The van der Waals surface area contributed by atoms with Crippen LogP contribution in [0.1, 0.15) is 23.0 Å². The Balaban J connectivity index is 1.72. The number of furan rings is 1. The number of carbonyl (C=O) groups excluding carboxylic acids is 1. The van der Waals surface area contributed by atoms with Crippen molar-refractivity contribution in [3.05, 3.63) is 56.7 Å². The number of ether oxygens (including phenoxy) is 1. The first kappa shape index (κ1) is 18.5. The lowest BCUT2D eigenvalue weighted by Gasteiger charge is -2.02. The molecule has 0 saturated heterocycles. The molecule has 0 saturated carbocycles. The Kier molecular flexibility index (Phi) is 5.63. The molecule has 2 aromatic carbocycles. The number of rotatable bonds is 5. The fraction of sp³-hybridized carbons (Fsp3) is 0.111. The van der Waals surface area contributed by atoms with E-state index in [1.807, 2.05) is 13.0 Å². The van der Waals surface area contributed by atoms with E-state index in [1.54, 1.807) is 30.3 Å². The monoisotopic (exact) mass is 480 g/mol. The first-order valence-corrected chi connectivity index (χ1v) is 9.24. The van der Waals surface area contributed by atoms with Crippen LogP contribution in [0.15, 0.2) is 54.9 Å². The van der Waals surface area contributed by atoms with Crippen molar-refractivity contribution < 1.29 is 19.1 Å². The van der Waals surface area contributed by atoms with E-state index < -0.39 is 5.91 Å². The van der Waals surface area contributed by atoms with Crippen molar-refractivity contribution in [3.8, 4) is 11.5 Å². The summed E-state index contributed by atoms with van der Waals surface area (Å²) in [6.45, 7) is 2.47. The summed E-state index contributed by atoms with van der Waals surface area (Å²) in [7, 11) is 0. The topological polar surface area (TPSA) is 84.1 Å². The van der Waals surface area contributed by atoms with Crippen LogP contribution in [0.4, 0.5) is 0 Å². The Morgan fingerprint density at radius 2 is 2.00 bits per heavy atom. The minimum atomic E-state index is -0.465. The Hall–Kier alpha value is -2.32. The van der Waals surface area contributed by atoms with Crippen molar-refractivity contribution in [1.82, 2.24) is 5.43 Å². The van der Waals surface area contributed by atoms with E-state index in [0.717, 1.165) is 5.39 Å². The van der Waals surface area contributed by atoms with Gasteiger partial charge in [-0.2, -0.15) is 5.10 Å². The molecule has 0 aliphatic heterocycles. The quantitative estimate of drug-likeness (QED) is 0.404. The molecular weight excluding hydrogens is 468 g/mol. The first-order valence-electron chi connectivity index (χ1n) is 7.65. The van der Waals surface area contributed by atoms with Crippen molar-refractivity contribution >= 4 is 55.0 Å². The number of nitrogens with zero attached hydrogens (tertiary/aromatic N) is 1. The summed E-state index contributed by atoms with van der Waals surface area (Å²) in [5, 5.41) is 14.4. The number of aromatic hydroxyl groups is 1. The zero-order chi connectivity index (χ0) is 18.7. The Labute approximate surface area is 166 Å². The third-order valence-electron chi connectivity index (χ3n) is 3.44. The maximum absolute atomic E-state index is 12.2. The second-order valence-electron chi connectivity index (χ2n) is 5.28. The van der Waals surface area contributed by atoms with Crippen molar-refractivity contribution in [2.75, 3.05) is 6.61 Å². The molecule has 2 N–H and O–H groups in total. The van der Waals surface area contributed by atoms with Gasteiger partial charge in [0.25, 0.3) is 0 Å². The summed E-state index contributed by atoms with van der Waals surface area (Å²) >= 11 is 6.47. The zero-order valence-electron chi connectivity index (χ0n) is 13.6. The van der Waals surface area contributed by atoms with Gasteiger partial charge in [0, 0.05) is 5.39 Å². The summed E-state index contributed by atoms with van der Waals surface area (Å²) in [5.74, 6) is 0.500. The number of phenols is 1. The summed E-state index contributed by atoms with van der Waals surface area (Å²) in [6, 6.07) is 10.3. The lowest BCUT2D eigenvalue weighted by molar-refractivity contribution is 0.0929. The van der Waals surface area contributed by atoms with Crippen LogP contribution in [-0.2, 0) is 0 Å². The van der Waals surface area contributed by atoms with Crippen molar-refractivity contribution in [2.24, 2.45) is 5.10 Å². The highest BCUT2D eigenvalue weighted by Crippen LogP contribution is 2.32. The van der Waals surface area contributed by atoms with Gasteiger partial charge in [-0.05, 0) is 80.7 Å². The highest BCUT2D eigenvalue weighted by atomic mass is 79.9. The molecule has 3 aromatic rings. The molecule has 0 bridgehead atoms. The number of hydrogen-bond donors (Lipinski definition) is 2. The molecule has 26 heavy (non-hydrogen) atoms. The predicted octanol–water partition coefficient (Wildman–Crippen LogP) is 4.83. The Bertz CT molecular complexity index is 975. The third-order valence-corrected chi connectivity index (χ3v) is 4.65.